The van der Waals surface area contributed by atoms with Gasteiger partial charge in [0.05, 0.1) is 5.69 Å². The van der Waals surface area contributed by atoms with Crippen LogP contribution >= 0.6 is 31.9 Å². The van der Waals surface area contributed by atoms with Gasteiger partial charge in [-0.25, -0.2) is 13.1 Å². The summed E-state index contributed by atoms with van der Waals surface area (Å²) >= 11 is 6.51. The maximum Gasteiger partial charge on any atom is 0.243 e. The molecule has 1 aromatic carbocycles. The van der Waals surface area contributed by atoms with Crippen LogP contribution in [0.25, 0.3) is 0 Å². The van der Waals surface area contributed by atoms with E-state index in [1.54, 1.807) is 12.1 Å². The maximum atomic E-state index is 12.2. The smallest absolute Gasteiger partial charge is 0.243 e. The molecule has 4 nitrogen and oxygen atoms in total. The molecule has 18 heavy (non-hydrogen) atoms. The number of halogens is 2. The first-order chi connectivity index (χ1) is 8.40. The molecule has 1 fully saturated rings. The van der Waals surface area contributed by atoms with Crippen LogP contribution in [0.1, 0.15) is 19.3 Å². The molecule has 0 unspecified atom stereocenters. The van der Waals surface area contributed by atoms with Crippen molar-refractivity contribution in [2.45, 2.75) is 24.2 Å². The predicted molar refractivity (Wildman–Crippen MR) is 78.8 cm³/mol. The van der Waals surface area contributed by atoms with Crippen LogP contribution in [-0.4, -0.2) is 15.0 Å². The summed E-state index contributed by atoms with van der Waals surface area (Å²) in [4.78, 5) is 0.116. The van der Waals surface area contributed by atoms with Crippen LogP contribution in [-0.2, 0) is 10.0 Å². The second kappa shape index (κ2) is 5.48. The van der Waals surface area contributed by atoms with Crippen molar-refractivity contribution in [3.8, 4) is 0 Å². The Morgan fingerprint density at radius 2 is 2.00 bits per heavy atom. The number of benzene rings is 1. The molecule has 1 aromatic rings. The van der Waals surface area contributed by atoms with E-state index in [0.717, 1.165) is 17.3 Å². The van der Waals surface area contributed by atoms with Crippen LogP contribution in [0.4, 0.5) is 5.69 Å². The Morgan fingerprint density at radius 3 is 2.50 bits per heavy atom. The largest absolute Gasteiger partial charge is 0.398 e. The number of hydrogen-bond donors (Lipinski definition) is 2. The van der Waals surface area contributed by atoms with E-state index >= 15 is 0 Å². The standard InChI is InChI=1S/C11H14Br2N2O2S/c12-8-4-9(13)11(10(14)5-8)18(16,17)15-6-7-2-1-3-7/h4-5,7,15H,1-3,6,14H2. The van der Waals surface area contributed by atoms with Crippen LogP contribution in [0.2, 0.25) is 0 Å². The topological polar surface area (TPSA) is 72.2 Å². The third kappa shape index (κ3) is 3.07. The molecular formula is C11H14Br2N2O2S. The van der Waals surface area contributed by atoms with Gasteiger partial charge in [0.15, 0.2) is 0 Å². The van der Waals surface area contributed by atoms with Gasteiger partial charge in [0.1, 0.15) is 4.90 Å². The van der Waals surface area contributed by atoms with Crippen LogP contribution < -0.4 is 10.5 Å². The molecule has 1 aliphatic carbocycles. The summed E-state index contributed by atoms with van der Waals surface area (Å²) in [6.07, 6.45) is 3.38. The number of nitrogens with one attached hydrogen (secondary N) is 1. The first kappa shape index (κ1) is 14.3. The molecule has 0 atom stereocenters. The van der Waals surface area contributed by atoms with Gasteiger partial charge in [-0.05, 0) is 46.8 Å². The normalized spacial score (nSPS) is 16.6. The van der Waals surface area contributed by atoms with Gasteiger partial charge in [-0.3, -0.25) is 0 Å². The third-order valence-corrected chi connectivity index (χ3v) is 5.98. The molecule has 1 aliphatic rings. The first-order valence-electron chi connectivity index (χ1n) is 5.64. The Kier molecular flexibility index (Phi) is 4.36. The van der Waals surface area contributed by atoms with Gasteiger partial charge < -0.3 is 5.73 Å². The highest BCUT2D eigenvalue weighted by Crippen LogP contribution is 2.32. The van der Waals surface area contributed by atoms with Crippen molar-refractivity contribution in [3.63, 3.8) is 0 Å². The fourth-order valence-corrected chi connectivity index (χ4v) is 5.04. The minimum Gasteiger partial charge on any atom is -0.398 e. The van der Waals surface area contributed by atoms with Crippen molar-refractivity contribution in [3.05, 3.63) is 21.1 Å². The number of sulfonamides is 1. The number of nitrogen functional groups attached to an aromatic ring is 1. The summed E-state index contributed by atoms with van der Waals surface area (Å²) in [7, 11) is -3.55. The fourth-order valence-electron chi connectivity index (χ4n) is 1.86. The lowest BCUT2D eigenvalue weighted by Crippen LogP contribution is -2.32. The molecule has 1 saturated carbocycles. The number of nitrogens with two attached hydrogens (primary N) is 1. The Bertz CT molecular complexity index is 533. The zero-order valence-electron chi connectivity index (χ0n) is 9.62. The zero-order chi connectivity index (χ0) is 13.3. The molecule has 0 saturated heterocycles. The van der Waals surface area contributed by atoms with E-state index < -0.39 is 10.0 Å². The monoisotopic (exact) mass is 396 g/mol. The molecule has 3 N–H and O–H groups in total. The fraction of sp³-hybridized carbons (Fsp3) is 0.455. The van der Waals surface area contributed by atoms with Gasteiger partial charge >= 0.3 is 0 Å². The maximum absolute atomic E-state index is 12.2. The number of hydrogen-bond acceptors (Lipinski definition) is 3. The van der Waals surface area contributed by atoms with E-state index in [1.807, 2.05) is 0 Å². The van der Waals surface area contributed by atoms with Crippen molar-refractivity contribution in [1.82, 2.24) is 4.72 Å². The van der Waals surface area contributed by atoms with Crippen LogP contribution in [0.15, 0.2) is 26.0 Å². The van der Waals surface area contributed by atoms with Gasteiger partial charge in [0, 0.05) is 15.5 Å². The van der Waals surface area contributed by atoms with E-state index in [4.69, 9.17) is 5.73 Å². The molecule has 0 amide bonds. The molecule has 100 valence electrons. The molecule has 0 aliphatic heterocycles. The molecule has 0 radical (unpaired) electrons. The van der Waals surface area contributed by atoms with E-state index in [9.17, 15) is 8.42 Å². The van der Waals surface area contributed by atoms with E-state index in [0.29, 0.717) is 16.9 Å². The molecule has 0 bridgehead atoms. The van der Waals surface area contributed by atoms with Crippen molar-refractivity contribution in [1.29, 1.82) is 0 Å². The lowest BCUT2D eigenvalue weighted by Gasteiger charge is -2.25. The SMILES string of the molecule is Nc1cc(Br)cc(Br)c1S(=O)(=O)NCC1CCC1. The average molecular weight is 398 g/mol. The highest BCUT2D eigenvalue weighted by Gasteiger charge is 2.24. The van der Waals surface area contributed by atoms with Gasteiger partial charge in [-0.15, -0.1) is 0 Å². The highest BCUT2D eigenvalue weighted by atomic mass is 79.9. The molecule has 2 rings (SSSR count). The number of rotatable bonds is 4. The minimum absolute atomic E-state index is 0.116. The summed E-state index contributed by atoms with van der Waals surface area (Å²) in [6, 6.07) is 3.26. The van der Waals surface area contributed by atoms with Crippen LogP contribution in [0.5, 0.6) is 0 Å². The Hall–Kier alpha value is -0.110. The van der Waals surface area contributed by atoms with Crippen LogP contribution in [0, 0.1) is 5.92 Å². The van der Waals surface area contributed by atoms with Gasteiger partial charge in [-0.1, -0.05) is 22.4 Å². The van der Waals surface area contributed by atoms with Crippen molar-refractivity contribution < 1.29 is 8.42 Å². The van der Waals surface area contributed by atoms with Crippen molar-refractivity contribution in [2.75, 3.05) is 12.3 Å². The third-order valence-electron chi connectivity index (χ3n) is 3.09. The molecule has 0 heterocycles. The molecular weight excluding hydrogens is 384 g/mol. The second-order valence-electron chi connectivity index (χ2n) is 4.45. The van der Waals surface area contributed by atoms with Crippen molar-refractivity contribution >= 4 is 47.6 Å². The zero-order valence-corrected chi connectivity index (χ0v) is 13.6. The van der Waals surface area contributed by atoms with E-state index in [1.165, 1.54) is 6.42 Å². The number of anilines is 1. The van der Waals surface area contributed by atoms with Gasteiger partial charge in [0.25, 0.3) is 0 Å². The summed E-state index contributed by atoms with van der Waals surface area (Å²) in [5.74, 6) is 0.468. The lowest BCUT2D eigenvalue weighted by atomic mass is 9.86. The molecule has 0 spiro atoms. The summed E-state index contributed by atoms with van der Waals surface area (Å²) in [5, 5.41) is 0. The Morgan fingerprint density at radius 1 is 1.33 bits per heavy atom. The second-order valence-corrected chi connectivity index (χ2v) is 7.93. The lowest BCUT2D eigenvalue weighted by molar-refractivity contribution is 0.316. The highest BCUT2D eigenvalue weighted by molar-refractivity contribution is 9.11. The predicted octanol–water partition coefficient (Wildman–Crippen LogP) is 2.87. The van der Waals surface area contributed by atoms with Gasteiger partial charge in [0.2, 0.25) is 10.0 Å². The van der Waals surface area contributed by atoms with E-state index in [2.05, 4.69) is 36.6 Å². The summed E-state index contributed by atoms with van der Waals surface area (Å²) in [5.41, 5.74) is 6.02. The Labute approximate surface area is 124 Å². The quantitative estimate of drug-likeness (QED) is 0.767. The molecule has 7 heteroatoms. The Balaban J connectivity index is 2.23. The van der Waals surface area contributed by atoms with Crippen molar-refractivity contribution in [2.24, 2.45) is 5.92 Å². The molecule has 0 aromatic heterocycles. The van der Waals surface area contributed by atoms with Crippen LogP contribution in [0.3, 0.4) is 0 Å². The first-order valence-corrected chi connectivity index (χ1v) is 8.71. The minimum atomic E-state index is -3.55. The van der Waals surface area contributed by atoms with E-state index in [-0.39, 0.29) is 10.6 Å². The summed E-state index contributed by atoms with van der Waals surface area (Å²) < 4.78 is 28.2. The van der Waals surface area contributed by atoms with Gasteiger partial charge in [-0.2, -0.15) is 0 Å². The summed E-state index contributed by atoms with van der Waals surface area (Å²) in [6.45, 7) is 0.490. The average Bonchev–Trinajstić information content (AvgIpc) is 2.11.